The number of fused-ring (bicyclic) bond motifs is 1. The summed E-state index contributed by atoms with van der Waals surface area (Å²) in [5, 5.41) is 12.2. The minimum atomic E-state index is -0.204. The molecule has 26 heavy (non-hydrogen) atoms. The maximum absolute atomic E-state index is 12.6. The van der Waals surface area contributed by atoms with Gasteiger partial charge >= 0.3 is 0 Å². The third-order valence-corrected chi connectivity index (χ3v) is 4.52. The molecule has 0 bridgehead atoms. The Kier molecular flexibility index (Phi) is 4.27. The highest BCUT2D eigenvalue weighted by Gasteiger charge is 2.19. The van der Waals surface area contributed by atoms with Gasteiger partial charge in [-0.1, -0.05) is 18.2 Å². The largest absolute Gasteiger partial charge is 0.508 e. The van der Waals surface area contributed by atoms with E-state index in [2.05, 4.69) is 33.4 Å². The molecule has 0 saturated heterocycles. The van der Waals surface area contributed by atoms with Crippen LogP contribution in [0.25, 0.3) is 0 Å². The lowest BCUT2D eigenvalue weighted by molar-refractivity contribution is 0.102. The van der Waals surface area contributed by atoms with E-state index in [1.54, 1.807) is 24.4 Å². The molecule has 0 radical (unpaired) electrons. The van der Waals surface area contributed by atoms with Gasteiger partial charge in [0.2, 0.25) is 0 Å². The summed E-state index contributed by atoms with van der Waals surface area (Å²) in [4.78, 5) is 19.2. The summed E-state index contributed by atoms with van der Waals surface area (Å²) in [6, 6.07) is 18.2. The Morgan fingerprint density at radius 2 is 1.88 bits per heavy atom. The SMILES string of the molecule is O=C(Nc1ccc(O)cc1)c1ccnc(N2CCCc3ccccc32)c1. The number of carbonyl (C=O) groups is 1. The lowest BCUT2D eigenvalue weighted by atomic mass is 10.0. The first-order valence-electron chi connectivity index (χ1n) is 8.62. The second kappa shape index (κ2) is 6.88. The number of rotatable bonds is 3. The van der Waals surface area contributed by atoms with Crippen molar-refractivity contribution in [2.75, 3.05) is 16.8 Å². The van der Waals surface area contributed by atoms with Gasteiger partial charge in [0.25, 0.3) is 5.91 Å². The van der Waals surface area contributed by atoms with Gasteiger partial charge in [-0.3, -0.25) is 4.79 Å². The van der Waals surface area contributed by atoms with Gasteiger partial charge < -0.3 is 15.3 Å². The number of nitrogens with zero attached hydrogens (tertiary/aromatic N) is 2. The molecule has 5 nitrogen and oxygen atoms in total. The van der Waals surface area contributed by atoms with E-state index in [-0.39, 0.29) is 11.7 Å². The second-order valence-corrected chi connectivity index (χ2v) is 6.29. The predicted molar refractivity (Wildman–Crippen MR) is 102 cm³/mol. The number of hydrogen-bond donors (Lipinski definition) is 2. The first-order valence-corrected chi connectivity index (χ1v) is 8.62. The zero-order chi connectivity index (χ0) is 17.9. The highest BCUT2D eigenvalue weighted by molar-refractivity contribution is 6.04. The summed E-state index contributed by atoms with van der Waals surface area (Å²) >= 11 is 0. The molecule has 1 amide bonds. The number of pyridine rings is 1. The van der Waals surface area contributed by atoms with Crippen molar-refractivity contribution in [3.8, 4) is 5.75 Å². The number of anilines is 3. The third-order valence-electron chi connectivity index (χ3n) is 4.52. The molecule has 4 rings (SSSR count). The standard InChI is InChI=1S/C21H19N3O2/c25-18-9-7-17(8-10-18)23-21(26)16-11-12-22-20(14-16)24-13-3-5-15-4-1-2-6-19(15)24/h1-2,4,6-12,14,25H,3,5,13H2,(H,23,26). The molecular weight excluding hydrogens is 326 g/mol. The molecule has 0 atom stereocenters. The number of aryl methyl sites for hydroxylation is 1. The fraction of sp³-hybridized carbons (Fsp3) is 0.143. The van der Waals surface area contributed by atoms with Crippen LogP contribution in [-0.4, -0.2) is 22.5 Å². The van der Waals surface area contributed by atoms with E-state index in [1.165, 1.54) is 17.7 Å². The number of amides is 1. The Balaban J connectivity index is 1.59. The van der Waals surface area contributed by atoms with Crippen molar-refractivity contribution in [1.29, 1.82) is 0 Å². The minimum Gasteiger partial charge on any atom is -0.508 e. The number of phenolic OH excluding ortho intramolecular Hbond substituents is 1. The fourth-order valence-electron chi connectivity index (χ4n) is 3.23. The number of benzene rings is 2. The number of aromatic nitrogens is 1. The summed E-state index contributed by atoms with van der Waals surface area (Å²) < 4.78 is 0. The van der Waals surface area contributed by atoms with Crippen LogP contribution in [0.3, 0.4) is 0 Å². The van der Waals surface area contributed by atoms with Crippen LogP contribution in [0.1, 0.15) is 22.3 Å². The monoisotopic (exact) mass is 345 g/mol. The Bertz CT molecular complexity index is 938. The van der Waals surface area contributed by atoms with Gasteiger partial charge in [-0.05, 0) is 60.9 Å². The lowest BCUT2D eigenvalue weighted by Crippen LogP contribution is -2.25. The molecule has 3 aromatic rings. The molecule has 0 fully saturated rings. The van der Waals surface area contributed by atoms with Crippen LogP contribution in [-0.2, 0) is 6.42 Å². The fourth-order valence-corrected chi connectivity index (χ4v) is 3.23. The molecule has 2 N–H and O–H groups in total. The van der Waals surface area contributed by atoms with Crippen molar-refractivity contribution in [2.24, 2.45) is 0 Å². The van der Waals surface area contributed by atoms with Gasteiger partial charge in [0.15, 0.2) is 0 Å². The average Bonchev–Trinajstić information content (AvgIpc) is 2.69. The van der Waals surface area contributed by atoms with E-state index in [0.29, 0.717) is 11.3 Å². The highest BCUT2D eigenvalue weighted by atomic mass is 16.3. The third kappa shape index (κ3) is 3.24. The second-order valence-electron chi connectivity index (χ2n) is 6.29. The quantitative estimate of drug-likeness (QED) is 0.701. The van der Waals surface area contributed by atoms with Crippen molar-refractivity contribution in [1.82, 2.24) is 4.98 Å². The summed E-state index contributed by atoms with van der Waals surface area (Å²) in [7, 11) is 0. The van der Waals surface area contributed by atoms with Gasteiger partial charge in [0, 0.05) is 29.7 Å². The van der Waals surface area contributed by atoms with Crippen LogP contribution < -0.4 is 10.2 Å². The minimum absolute atomic E-state index is 0.165. The normalized spacial score (nSPS) is 13.2. The molecule has 0 spiro atoms. The topological polar surface area (TPSA) is 65.5 Å². The van der Waals surface area contributed by atoms with Crippen LogP contribution >= 0.6 is 0 Å². The van der Waals surface area contributed by atoms with E-state index in [0.717, 1.165) is 30.9 Å². The molecular formula is C21H19N3O2. The van der Waals surface area contributed by atoms with Gasteiger partial charge in [-0.25, -0.2) is 4.98 Å². The van der Waals surface area contributed by atoms with E-state index < -0.39 is 0 Å². The number of nitrogens with one attached hydrogen (secondary N) is 1. The number of aromatic hydroxyl groups is 1. The zero-order valence-corrected chi connectivity index (χ0v) is 14.2. The average molecular weight is 345 g/mol. The first kappa shape index (κ1) is 16.1. The van der Waals surface area contributed by atoms with Gasteiger partial charge in [0.05, 0.1) is 0 Å². The van der Waals surface area contributed by atoms with Gasteiger partial charge in [0.1, 0.15) is 11.6 Å². The molecule has 2 heterocycles. The van der Waals surface area contributed by atoms with Crippen LogP contribution in [0.5, 0.6) is 5.75 Å². The molecule has 0 unspecified atom stereocenters. The van der Waals surface area contributed by atoms with E-state index in [4.69, 9.17) is 0 Å². The Hall–Kier alpha value is -3.34. The Morgan fingerprint density at radius 1 is 1.08 bits per heavy atom. The predicted octanol–water partition coefficient (Wildman–Crippen LogP) is 4.12. The van der Waals surface area contributed by atoms with E-state index in [9.17, 15) is 9.90 Å². The molecule has 0 aliphatic carbocycles. The molecule has 1 aliphatic rings. The zero-order valence-electron chi connectivity index (χ0n) is 14.2. The molecule has 0 saturated carbocycles. The van der Waals surface area contributed by atoms with Gasteiger partial charge in [-0.15, -0.1) is 0 Å². The van der Waals surface area contributed by atoms with Crippen molar-refractivity contribution in [3.05, 3.63) is 78.0 Å². The van der Waals surface area contributed by atoms with E-state index >= 15 is 0 Å². The van der Waals surface area contributed by atoms with Crippen LogP contribution in [0.4, 0.5) is 17.2 Å². The summed E-state index contributed by atoms with van der Waals surface area (Å²) in [6.45, 7) is 0.882. The van der Waals surface area contributed by atoms with Crippen LogP contribution in [0.2, 0.25) is 0 Å². The highest BCUT2D eigenvalue weighted by Crippen LogP contribution is 2.32. The first-order chi connectivity index (χ1) is 12.7. The number of para-hydroxylation sites is 1. The molecule has 2 aromatic carbocycles. The smallest absolute Gasteiger partial charge is 0.255 e. The summed E-state index contributed by atoms with van der Waals surface area (Å²) in [5.74, 6) is 0.734. The molecule has 5 heteroatoms. The van der Waals surface area contributed by atoms with Crippen molar-refractivity contribution in [3.63, 3.8) is 0 Å². The molecule has 1 aromatic heterocycles. The van der Waals surface area contributed by atoms with Crippen molar-refractivity contribution >= 4 is 23.1 Å². The van der Waals surface area contributed by atoms with Crippen LogP contribution in [0, 0.1) is 0 Å². The van der Waals surface area contributed by atoms with E-state index in [1.807, 2.05) is 12.1 Å². The molecule has 1 aliphatic heterocycles. The van der Waals surface area contributed by atoms with Crippen molar-refractivity contribution in [2.45, 2.75) is 12.8 Å². The Morgan fingerprint density at radius 3 is 2.73 bits per heavy atom. The number of hydrogen-bond acceptors (Lipinski definition) is 4. The van der Waals surface area contributed by atoms with Gasteiger partial charge in [-0.2, -0.15) is 0 Å². The maximum atomic E-state index is 12.6. The van der Waals surface area contributed by atoms with Crippen molar-refractivity contribution < 1.29 is 9.90 Å². The summed E-state index contributed by atoms with van der Waals surface area (Å²) in [5.41, 5.74) is 3.64. The number of phenols is 1. The van der Waals surface area contributed by atoms with Crippen LogP contribution in [0.15, 0.2) is 66.9 Å². The Labute approximate surface area is 151 Å². The lowest BCUT2D eigenvalue weighted by Gasteiger charge is -2.30. The number of carbonyl (C=O) groups excluding carboxylic acids is 1. The summed E-state index contributed by atoms with van der Waals surface area (Å²) in [6.07, 6.45) is 3.79. The maximum Gasteiger partial charge on any atom is 0.255 e. The molecule has 130 valence electrons.